The highest BCUT2D eigenvalue weighted by atomic mass is 32.1. The van der Waals surface area contributed by atoms with E-state index in [0.717, 1.165) is 22.5 Å². The van der Waals surface area contributed by atoms with Crippen molar-refractivity contribution in [3.8, 4) is 39.7 Å². The molecule has 0 spiro atoms. The summed E-state index contributed by atoms with van der Waals surface area (Å²) in [4.78, 5) is 9.03. The van der Waals surface area contributed by atoms with Crippen molar-refractivity contribution < 1.29 is 0 Å². The monoisotopic (exact) mass is 439 g/mol. The third kappa shape index (κ3) is 3.55. The Bertz CT molecular complexity index is 1680. The molecule has 6 aromatic rings. The van der Waals surface area contributed by atoms with Crippen LogP contribution < -0.4 is 0 Å². The highest BCUT2D eigenvalue weighted by Gasteiger charge is 2.10. The van der Waals surface area contributed by atoms with E-state index in [4.69, 9.17) is 4.98 Å². The number of fused-ring (bicyclic) bond motifs is 3. The Kier molecular flexibility index (Phi) is 4.68. The molecular formula is C29H17N3S. The van der Waals surface area contributed by atoms with Crippen LogP contribution >= 0.6 is 11.3 Å². The van der Waals surface area contributed by atoms with Gasteiger partial charge in [0.25, 0.3) is 0 Å². The van der Waals surface area contributed by atoms with Gasteiger partial charge in [-0.15, -0.1) is 11.3 Å². The molecule has 0 bridgehead atoms. The van der Waals surface area contributed by atoms with Gasteiger partial charge in [-0.1, -0.05) is 60.7 Å². The van der Waals surface area contributed by atoms with Crippen molar-refractivity contribution in [2.75, 3.05) is 0 Å². The topological polar surface area (TPSA) is 49.6 Å². The van der Waals surface area contributed by atoms with Gasteiger partial charge in [-0.05, 0) is 41.5 Å². The summed E-state index contributed by atoms with van der Waals surface area (Å²) >= 11 is 1.81. The lowest BCUT2D eigenvalue weighted by molar-refractivity contribution is 1.26. The van der Waals surface area contributed by atoms with Crippen LogP contribution in [0.3, 0.4) is 0 Å². The molecule has 3 aromatic carbocycles. The Morgan fingerprint density at radius 2 is 1.30 bits per heavy atom. The van der Waals surface area contributed by atoms with E-state index in [9.17, 15) is 5.26 Å². The first-order valence-electron chi connectivity index (χ1n) is 10.6. The van der Waals surface area contributed by atoms with E-state index in [2.05, 4.69) is 71.7 Å². The predicted molar refractivity (Wildman–Crippen MR) is 136 cm³/mol. The van der Waals surface area contributed by atoms with Crippen molar-refractivity contribution in [1.29, 1.82) is 5.26 Å². The second-order valence-corrected chi connectivity index (χ2v) is 8.96. The van der Waals surface area contributed by atoms with Gasteiger partial charge in [0.1, 0.15) is 6.07 Å². The molecule has 3 aromatic heterocycles. The molecule has 0 saturated carbocycles. The summed E-state index contributed by atoms with van der Waals surface area (Å²) in [6.07, 6.45) is 3.30. The molecule has 0 atom stereocenters. The Morgan fingerprint density at radius 1 is 0.606 bits per heavy atom. The van der Waals surface area contributed by atoms with Crippen molar-refractivity contribution in [1.82, 2.24) is 9.97 Å². The lowest BCUT2D eigenvalue weighted by Gasteiger charge is -2.05. The molecule has 0 N–H and O–H groups in total. The van der Waals surface area contributed by atoms with E-state index >= 15 is 0 Å². The van der Waals surface area contributed by atoms with Crippen LogP contribution in [0.25, 0.3) is 53.8 Å². The second-order valence-electron chi connectivity index (χ2n) is 7.87. The molecule has 3 heterocycles. The van der Waals surface area contributed by atoms with Crippen LogP contribution in [0.15, 0.2) is 103 Å². The normalized spacial score (nSPS) is 11.0. The van der Waals surface area contributed by atoms with Crippen LogP contribution in [0.4, 0.5) is 0 Å². The zero-order valence-electron chi connectivity index (χ0n) is 17.6. The van der Waals surface area contributed by atoms with Crippen LogP contribution in [0.5, 0.6) is 0 Å². The minimum absolute atomic E-state index is 0.529. The minimum atomic E-state index is 0.529. The lowest BCUT2D eigenvalue weighted by atomic mass is 10.0. The first-order chi connectivity index (χ1) is 16.3. The number of nitrogens with zero attached hydrogens (tertiary/aromatic N) is 3. The van der Waals surface area contributed by atoms with E-state index in [1.54, 1.807) is 12.4 Å². The summed E-state index contributed by atoms with van der Waals surface area (Å²) in [5.74, 6) is 0. The van der Waals surface area contributed by atoms with Crippen LogP contribution in [0.1, 0.15) is 5.56 Å². The Morgan fingerprint density at radius 3 is 2.06 bits per heavy atom. The number of thiophene rings is 1. The minimum Gasteiger partial charge on any atom is -0.263 e. The summed E-state index contributed by atoms with van der Waals surface area (Å²) in [7, 11) is 0. The van der Waals surface area contributed by atoms with Crippen LogP contribution in [-0.4, -0.2) is 9.97 Å². The van der Waals surface area contributed by atoms with Crippen molar-refractivity contribution in [2.45, 2.75) is 0 Å². The van der Waals surface area contributed by atoms with Crippen molar-refractivity contribution in [2.24, 2.45) is 0 Å². The number of aromatic nitrogens is 2. The number of hydrogen-bond acceptors (Lipinski definition) is 4. The summed E-state index contributed by atoms with van der Waals surface area (Å²) in [5.41, 5.74) is 6.61. The molecule has 0 fully saturated rings. The third-order valence-corrected chi connectivity index (χ3v) is 6.90. The molecule has 154 valence electrons. The first-order valence-corrected chi connectivity index (χ1v) is 11.4. The average molecular weight is 440 g/mol. The molecule has 0 saturated heterocycles. The number of pyridine rings is 2. The van der Waals surface area contributed by atoms with Crippen LogP contribution in [0, 0.1) is 11.3 Å². The van der Waals surface area contributed by atoms with Gasteiger partial charge in [-0.2, -0.15) is 5.26 Å². The van der Waals surface area contributed by atoms with Crippen molar-refractivity contribution >= 4 is 31.5 Å². The van der Waals surface area contributed by atoms with Gasteiger partial charge in [0.05, 0.1) is 17.0 Å². The second kappa shape index (κ2) is 7.98. The number of hydrogen-bond donors (Lipinski definition) is 0. The highest BCUT2D eigenvalue weighted by Crippen LogP contribution is 2.38. The summed E-state index contributed by atoms with van der Waals surface area (Å²) in [6, 6.07) is 33.7. The van der Waals surface area contributed by atoms with E-state index in [1.165, 1.54) is 31.3 Å². The van der Waals surface area contributed by atoms with Gasteiger partial charge in [-0.3, -0.25) is 4.98 Å². The van der Waals surface area contributed by atoms with Gasteiger partial charge < -0.3 is 0 Å². The maximum atomic E-state index is 9.17. The average Bonchev–Trinajstić information content (AvgIpc) is 3.26. The predicted octanol–water partition coefficient (Wildman–Crippen LogP) is 7.72. The smallest absolute Gasteiger partial charge is 0.101 e. The molecule has 0 unspecified atom stereocenters. The van der Waals surface area contributed by atoms with Gasteiger partial charge >= 0.3 is 0 Å². The fraction of sp³-hybridized carbons (Fsp3) is 0. The summed E-state index contributed by atoms with van der Waals surface area (Å²) < 4.78 is 2.53. The van der Waals surface area contributed by atoms with Gasteiger partial charge in [0, 0.05) is 43.7 Å². The maximum Gasteiger partial charge on any atom is 0.101 e. The van der Waals surface area contributed by atoms with E-state index < -0.39 is 0 Å². The van der Waals surface area contributed by atoms with E-state index in [-0.39, 0.29) is 0 Å². The number of nitriles is 1. The Balaban J connectivity index is 1.42. The highest BCUT2D eigenvalue weighted by molar-refractivity contribution is 7.25. The molecular weight excluding hydrogens is 422 g/mol. The van der Waals surface area contributed by atoms with Crippen molar-refractivity contribution in [3.63, 3.8) is 0 Å². The molecule has 0 aliphatic heterocycles. The van der Waals surface area contributed by atoms with Gasteiger partial charge in [0.15, 0.2) is 0 Å². The Hall–Kier alpha value is -4.33. The van der Waals surface area contributed by atoms with Gasteiger partial charge in [0.2, 0.25) is 0 Å². The molecule has 4 heteroatoms. The van der Waals surface area contributed by atoms with Gasteiger partial charge in [-0.25, -0.2) is 4.98 Å². The van der Waals surface area contributed by atoms with E-state index in [0.29, 0.717) is 5.56 Å². The summed E-state index contributed by atoms with van der Waals surface area (Å²) in [5, 5.41) is 11.7. The maximum absolute atomic E-state index is 9.17. The SMILES string of the molecule is N#Cc1cncc(-c2cccc(-c3ccc4c(c3)sc3cc(-c5ccccc5)ccc34)n2)c1. The molecule has 0 aliphatic rings. The molecule has 6 rings (SSSR count). The summed E-state index contributed by atoms with van der Waals surface area (Å²) in [6.45, 7) is 0. The number of rotatable bonds is 3. The quantitative estimate of drug-likeness (QED) is 0.284. The standard InChI is InChI=1S/C29H17N3S/c30-16-19-13-23(18-31-17-19)27-8-4-7-26(32-27)22-10-12-25-24-11-9-21(20-5-2-1-3-6-20)14-28(24)33-29(25)15-22/h1-15,17-18H. The van der Waals surface area contributed by atoms with Crippen LogP contribution in [-0.2, 0) is 0 Å². The molecule has 3 nitrogen and oxygen atoms in total. The zero-order valence-corrected chi connectivity index (χ0v) is 18.4. The molecule has 0 aliphatic carbocycles. The number of benzene rings is 3. The fourth-order valence-electron chi connectivity index (χ4n) is 4.14. The van der Waals surface area contributed by atoms with Crippen LogP contribution in [0.2, 0.25) is 0 Å². The Labute approximate surface area is 195 Å². The largest absolute Gasteiger partial charge is 0.263 e. The molecule has 0 amide bonds. The first kappa shape index (κ1) is 19.4. The fourth-order valence-corrected chi connectivity index (χ4v) is 5.33. The van der Waals surface area contributed by atoms with E-state index in [1.807, 2.05) is 41.7 Å². The molecule has 0 radical (unpaired) electrons. The lowest BCUT2D eigenvalue weighted by Crippen LogP contribution is -1.89. The van der Waals surface area contributed by atoms with Crippen molar-refractivity contribution in [3.05, 3.63) is 109 Å². The third-order valence-electron chi connectivity index (χ3n) is 5.79. The molecule has 33 heavy (non-hydrogen) atoms. The zero-order chi connectivity index (χ0) is 22.2.